The second kappa shape index (κ2) is 3.15. The number of carboxylic acids is 1. The van der Waals surface area contributed by atoms with Crippen LogP contribution in [-0.4, -0.2) is 31.0 Å². The van der Waals surface area contributed by atoms with Gasteiger partial charge in [-0.3, -0.25) is 0 Å². The van der Waals surface area contributed by atoms with Crippen molar-refractivity contribution < 1.29 is 9.90 Å². The van der Waals surface area contributed by atoms with E-state index >= 15 is 0 Å². The Morgan fingerprint density at radius 1 is 1.00 bits per heavy atom. The minimum atomic E-state index is -1.30. The summed E-state index contributed by atoms with van der Waals surface area (Å²) in [5, 5.41) is 8.78. The van der Waals surface area contributed by atoms with Gasteiger partial charge in [-0.25, -0.2) is 14.8 Å². The Hall–Kier alpha value is -2.71. The molecule has 9 heteroatoms. The fourth-order valence-corrected chi connectivity index (χ4v) is 1.16. The highest BCUT2D eigenvalue weighted by Gasteiger charge is 2.15. The van der Waals surface area contributed by atoms with Gasteiger partial charge in [0.25, 0.3) is 0 Å². The Morgan fingerprint density at radius 2 is 1.69 bits per heavy atom. The van der Waals surface area contributed by atoms with Crippen LogP contribution in [0.25, 0.3) is 11.2 Å². The lowest BCUT2D eigenvalue weighted by Gasteiger charge is -2.03. The molecule has 82 valence electrons. The lowest BCUT2D eigenvalue weighted by Crippen LogP contribution is -2.11. The molecule has 0 aliphatic carbocycles. The first-order valence-electron chi connectivity index (χ1n) is 4.08. The van der Waals surface area contributed by atoms with Gasteiger partial charge >= 0.3 is 5.97 Å². The minimum absolute atomic E-state index is 0.0440. The first-order chi connectivity index (χ1) is 7.49. The summed E-state index contributed by atoms with van der Waals surface area (Å²) in [6.07, 6.45) is 0. The largest absolute Gasteiger partial charge is 0.476 e. The summed E-state index contributed by atoms with van der Waals surface area (Å²) in [5.74, 6) is -1.68. The van der Waals surface area contributed by atoms with Crippen LogP contribution in [0.3, 0.4) is 0 Å². The van der Waals surface area contributed by atoms with Gasteiger partial charge in [-0.05, 0) is 0 Å². The predicted octanol–water partition coefficient (Wildman–Crippen LogP) is -1.14. The van der Waals surface area contributed by atoms with Crippen molar-refractivity contribution in [3.05, 3.63) is 5.69 Å². The Balaban J connectivity index is 2.84. The molecule has 0 radical (unpaired) electrons. The lowest BCUT2D eigenvalue weighted by molar-refractivity contribution is 0.0692. The summed E-state index contributed by atoms with van der Waals surface area (Å²) in [5.41, 5.74) is 16.0. The number of nitrogens with zero attached hydrogens (tertiary/aromatic N) is 4. The van der Waals surface area contributed by atoms with Crippen LogP contribution < -0.4 is 17.2 Å². The number of anilines is 3. The molecule has 0 aromatic carbocycles. The maximum atomic E-state index is 10.8. The average Bonchev–Trinajstić information content (AvgIpc) is 2.15. The molecule has 2 aromatic rings. The Morgan fingerprint density at radius 3 is 2.31 bits per heavy atom. The van der Waals surface area contributed by atoms with Gasteiger partial charge in [0.15, 0.2) is 28.5 Å². The van der Waals surface area contributed by atoms with E-state index in [0.29, 0.717) is 0 Å². The Bertz CT molecular complexity index is 597. The fraction of sp³-hybridized carbons (Fsp3) is 0. The number of rotatable bonds is 1. The van der Waals surface area contributed by atoms with Gasteiger partial charge in [-0.2, -0.15) is 9.97 Å². The van der Waals surface area contributed by atoms with Crippen molar-refractivity contribution in [1.29, 1.82) is 0 Å². The molecule has 0 atom stereocenters. The summed E-state index contributed by atoms with van der Waals surface area (Å²) < 4.78 is 0. The van der Waals surface area contributed by atoms with Crippen molar-refractivity contribution in [3.8, 4) is 0 Å². The summed E-state index contributed by atoms with van der Waals surface area (Å²) in [6.45, 7) is 0. The van der Waals surface area contributed by atoms with E-state index in [4.69, 9.17) is 22.3 Å². The van der Waals surface area contributed by atoms with Crippen molar-refractivity contribution in [1.82, 2.24) is 19.9 Å². The third kappa shape index (κ3) is 1.39. The quantitative estimate of drug-likeness (QED) is 0.465. The molecule has 0 bridgehead atoms. The molecule has 2 rings (SSSR count). The molecule has 16 heavy (non-hydrogen) atoms. The van der Waals surface area contributed by atoms with Gasteiger partial charge in [-0.1, -0.05) is 0 Å². The number of hydrogen-bond donors (Lipinski definition) is 4. The first kappa shape index (κ1) is 9.83. The van der Waals surface area contributed by atoms with Crippen LogP contribution in [-0.2, 0) is 0 Å². The molecule has 0 fully saturated rings. The van der Waals surface area contributed by atoms with E-state index in [1.54, 1.807) is 0 Å². The number of nitrogen functional groups attached to an aromatic ring is 3. The molecule has 0 saturated heterocycles. The average molecular weight is 221 g/mol. The van der Waals surface area contributed by atoms with Crippen molar-refractivity contribution in [2.45, 2.75) is 0 Å². The van der Waals surface area contributed by atoms with Crippen LogP contribution in [0.1, 0.15) is 10.5 Å². The normalized spacial score (nSPS) is 10.5. The standard InChI is InChI=1S/C7H7N7O2/c8-3-1-5(14-7(10)13-3)12-4(9)2(11-1)6(15)16/h(H,15,16)(H6,8,9,10,12,13,14). The molecule has 0 saturated carbocycles. The van der Waals surface area contributed by atoms with Crippen LogP contribution in [0.15, 0.2) is 0 Å². The second-order valence-corrected chi connectivity index (χ2v) is 2.90. The smallest absolute Gasteiger partial charge is 0.358 e. The minimum Gasteiger partial charge on any atom is -0.476 e. The zero-order chi connectivity index (χ0) is 11.9. The van der Waals surface area contributed by atoms with Crippen LogP contribution in [0.5, 0.6) is 0 Å². The van der Waals surface area contributed by atoms with E-state index in [1.807, 2.05) is 0 Å². The zero-order valence-corrected chi connectivity index (χ0v) is 7.88. The van der Waals surface area contributed by atoms with Gasteiger partial charge in [0.05, 0.1) is 0 Å². The second-order valence-electron chi connectivity index (χ2n) is 2.90. The van der Waals surface area contributed by atoms with E-state index in [-0.39, 0.29) is 28.7 Å². The van der Waals surface area contributed by atoms with Gasteiger partial charge in [0.2, 0.25) is 5.95 Å². The Labute approximate surface area is 88.3 Å². The van der Waals surface area contributed by atoms with Crippen molar-refractivity contribution in [2.75, 3.05) is 17.2 Å². The molecule has 0 spiro atoms. The number of carbonyl (C=O) groups is 1. The molecule has 0 aliphatic heterocycles. The van der Waals surface area contributed by atoms with Crippen molar-refractivity contribution >= 4 is 34.7 Å². The molecule has 7 N–H and O–H groups in total. The number of nitrogens with two attached hydrogens (primary N) is 3. The maximum absolute atomic E-state index is 10.8. The predicted molar refractivity (Wildman–Crippen MR) is 55.3 cm³/mol. The highest BCUT2D eigenvalue weighted by Crippen LogP contribution is 2.17. The SMILES string of the molecule is Nc1nc(N)c2nc(C(=O)O)c(N)nc2n1. The zero-order valence-electron chi connectivity index (χ0n) is 7.88. The Kier molecular flexibility index (Phi) is 1.94. The van der Waals surface area contributed by atoms with Crippen LogP contribution in [0, 0.1) is 0 Å². The van der Waals surface area contributed by atoms with Crippen molar-refractivity contribution in [3.63, 3.8) is 0 Å². The van der Waals surface area contributed by atoms with E-state index in [2.05, 4.69) is 19.9 Å². The van der Waals surface area contributed by atoms with Gasteiger partial charge in [0, 0.05) is 0 Å². The van der Waals surface area contributed by atoms with Crippen molar-refractivity contribution in [2.24, 2.45) is 0 Å². The summed E-state index contributed by atoms with van der Waals surface area (Å²) >= 11 is 0. The van der Waals surface area contributed by atoms with Gasteiger partial charge < -0.3 is 22.3 Å². The van der Waals surface area contributed by atoms with E-state index < -0.39 is 11.7 Å². The third-order valence-corrected chi connectivity index (χ3v) is 1.81. The molecular formula is C7H7N7O2. The number of aromatic nitrogens is 4. The van der Waals surface area contributed by atoms with E-state index in [9.17, 15) is 4.79 Å². The third-order valence-electron chi connectivity index (χ3n) is 1.81. The summed E-state index contributed by atoms with van der Waals surface area (Å²) in [6, 6.07) is 0. The number of fused-ring (bicyclic) bond motifs is 1. The topological polar surface area (TPSA) is 167 Å². The monoisotopic (exact) mass is 221 g/mol. The number of carboxylic acid groups (broad SMARTS) is 1. The van der Waals surface area contributed by atoms with Crippen LogP contribution in [0.4, 0.5) is 17.6 Å². The highest BCUT2D eigenvalue weighted by atomic mass is 16.4. The van der Waals surface area contributed by atoms with Crippen LogP contribution >= 0.6 is 0 Å². The molecule has 0 amide bonds. The molecule has 0 aliphatic rings. The summed E-state index contributed by atoms with van der Waals surface area (Å²) in [7, 11) is 0. The summed E-state index contributed by atoms with van der Waals surface area (Å²) in [4.78, 5) is 25.6. The number of hydrogen-bond acceptors (Lipinski definition) is 8. The molecular weight excluding hydrogens is 214 g/mol. The molecule has 2 heterocycles. The maximum Gasteiger partial charge on any atom is 0.358 e. The van der Waals surface area contributed by atoms with Gasteiger partial charge in [-0.15, -0.1) is 0 Å². The van der Waals surface area contributed by atoms with Gasteiger partial charge in [0.1, 0.15) is 0 Å². The molecule has 9 nitrogen and oxygen atoms in total. The van der Waals surface area contributed by atoms with Crippen LogP contribution in [0.2, 0.25) is 0 Å². The fourth-order valence-electron chi connectivity index (χ4n) is 1.16. The first-order valence-corrected chi connectivity index (χ1v) is 4.08. The van der Waals surface area contributed by atoms with E-state index in [1.165, 1.54) is 0 Å². The number of aromatic carboxylic acids is 1. The molecule has 2 aromatic heterocycles. The lowest BCUT2D eigenvalue weighted by atomic mass is 10.3. The molecule has 0 unspecified atom stereocenters. The van der Waals surface area contributed by atoms with E-state index in [0.717, 1.165) is 0 Å². The highest BCUT2D eigenvalue weighted by molar-refractivity contribution is 5.94.